The molecule has 0 atom stereocenters. The highest BCUT2D eigenvalue weighted by Crippen LogP contribution is 2.39. The molecule has 2 aromatic rings. The van der Waals surface area contributed by atoms with Crippen LogP contribution in [0.2, 0.25) is 5.02 Å². The summed E-state index contributed by atoms with van der Waals surface area (Å²) in [6.07, 6.45) is 5.43. The van der Waals surface area contributed by atoms with Crippen LogP contribution in [0.15, 0.2) is 47.5 Å². The maximum Gasteiger partial charge on any atom is 0.0673 e. The first-order valence-electron chi connectivity index (χ1n) is 9.23. The number of allylic oxidation sites excluding steroid dienone is 1. The van der Waals surface area contributed by atoms with E-state index in [1.165, 1.54) is 16.8 Å². The Kier molecular flexibility index (Phi) is 5.24. The lowest BCUT2D eigenvalue weighted by Gasteiger charge is -2.43. The molecule has 1 aliphatic heterocycles. The molecule has 0 amide bonds. The molecule has 0 spiro atoms. The van der Waals surface area contributed by atoms with Crippen molar-refractivity contribution in [3.63, 3.8) is 0 Å². The largest absolute Gasteiger partial charge is 0.362 e. The second-order valence-electron chi connectivity index (χ2n) is 7.60. The number of anilines is 1. The van der Waals surface area contributed by atoms with Crippen LogP contribution in [0, 0.1) is 6.92 Å². The van der Waals surface area contributed by atoms with Crippen LogP contribution in [0.1, 0.15) is 50.8 Å². The molecule has 0 radical (unpaired) electrons. The van der Waals surface area contributed by atoms with Crippen LogP contribution >= 0.6 is 11.6 Å². The Balaban J connectivity index is 1.97. The third-order valence-corrected chi connectivity index (χ3v) is 5.21. The van der Waals surface area contributed by atoms with Gasteiger partial charge in [-0.1, -0.05) is 36.7 Å². The van der Waals surface area contributed by atoms with E-state index in [-0.39, 0.29) is 5.54 Å². The summed E-state index contributed by atoms with van der Waals surface area (Å²) in [5.41, 5.74) is 7.11. The van der Waals surface area contributed by atoms with Gasteiger partial charge in [0.1, 0.15) is 0 Å². The van der Waals surface area contributed by atoms with E-state index in [1.54, 1.807) is 0 Å². The Morgan fingerprint density at radius 1 is 1.12 bits per heavy atom. The fourth-order valence-electron chi connectivity index (χ4n) is 3.68. The van der Waals surface area contributed by atoms with Gasteiger partial charge in [-0.05, 0) is 75.1 Å². The molecule has 0 unspecified atom stereocenters. The number of hydrogen-bond acceptors (Lipinski definition) is 2. The summed E-state index contributed by atoms with van der Waals surface area (Å²) < 4.78 is 0. The van der Waals surface area contributed by atoms with E-state index in [0.29, 0.717) is 5.02 Å². The molecule has 1 aliphatic rings. The minimum atomic E-state index is 0.0423. The average molecular weight is 367 g/mol. The fourth-order valence-corrected chi connectivity index (χ4v) is 3.85. The highest BCUT2D eigenvalue weighted by atomic mass is 35.5. The van der Waals surface area contributed by atoms with Gasteiger partial charge in [0.2, 0.25) is 0 Å². The first kappa shape index (κ1) is 18.7. The number of aryl methyl sites for hydroxylation is 1. The standard InChI is InChI=1S/C23H27ClN2/c1-6-11-26-22-10-8-18(12-20(22)17(3)14-23(26,4)5)15-25-21-13-19(24)9-7-16(21)2/h7-10,12-15H,6,11H2,1-5H3. The zero-order chi connectivity index (χ0) is 18.9. The molecule has 0 aliphatic carbocycles. The third kappa shape index (κ3) is 3.71. The SMILES string of the molecule is CCCN1c2ccc(C=Nc3cc(Cl)ccc3C)cc2C(C)=CC1(C)C. The molecule has 2 aromatic carbocycles. The predicted molar refractivity (Wildman–Crippen MR) is 115 cm³/mol. The Morgan fingerprint density at radius 2 is 1.88 bits per heavy atom. The van der Waals surface area contributed by atoms with Gasteiger partial charge < -0.3 is 4.90 Å². The van der Waals surface area contributed by atoms with Crippen molar-refractivity contribution in [3.05, 3.63) is 64.2 Å². The second kappa shape index (κ2) is 7.28. The zero-order valence-electron chi connectivity index (χ0n) is 16.3. The summed E-state index contributed by atoms with van der Waals surface area (Å²) in [5, 5.41) is 0.712. The summed E-state index contributed by atoms with van der Waals surface area (Å²) in [4.78, 5) is 7.15. The lowest BCUT2D eigenvalue weighted by atomic mass is 9.88. The molecule has 0 aromatic heterocycles. The first-order chi connectivity index (χ1) is 12.3. The van der Waals surface area contributed by atoms with Gasteiger partial charge in [-0.2, -0.15) is 0 Å². The van der Waals surface area contributed by atoms with Gasteiger partial charge in [-0.15, -0.1) is 0 Å². The van der Waals surface area contributed by atoms with Crippen LogP contribution in [0.4, 0.5) is 11.4 Å². The molecule has 0 saturated carbocycles. The van der Waals surface area contributed by atoms with Crippen molar-refractivity contribution in [2.24, 2.45) is 4.99 Å². The smallest absolute Gasteiger partial charge is 0.0673 e. The Morgan fingerprint density at radius 3 is 2.62 bits per heavy atom. The van der Waals surface area contributed by atoms with Crippen molar-refractivity contribution in [2.75, 3.05) is 11.4 Å². The number of rotatable bonds is 4. The van der Waals surface area contributed by atoms with Crippen molar-refractivity contribution < 1.29 is 0 Å². The van der Waals surface area contributed by atoms with Gasteiger partial charge in [-0.25, -0.2) is 0 Å². The molecule has 26 heavy (non-hydrogen) atoms. The number of benzene rings is 2. The van der Waals surface area contributed by atoms with E-state index in [2.05, 4.69) is 61.9 Å². The van der Waals surface area contributed by atoms with Crippen LogP contribution in [0.3, 0.4) is 0 Å². The molecular weight excluding hydrogens is 340 g/mol. The van der Waals surface area contributed by atoms with Crippen LogP contribution in [0.5, 0.6) is 0 Å². The number of fused-ring (bicyclic) bond motifs is 1. The molecule has 0 saturated heterocycles. The summed E-state index contributed by atoms with van der Waals surface area (Å²) in [6.45, 7) is 12.1. The quantitative estimate of drug-likeness (QED) is 0.542. The van der Waals surface area contributed by atoms with Crippen molar-refractivity contribution >= 4 is 34.8 Å². The van der Waals surface area contributed by atoms with E-state index in [4.69, 9.17) is 11.6 Å². The van der Waals surface area contributed by atoms with E-state index < -0.39 is 0 Å². The van der Waals surface area contributed by atoms with Crippen LogP contribution < -0.4 is 4.90 Å². The van der Waals surface area contributed by atoms with Gasteiger partial charge >= 0.3 is 0 Å². The minimum absolute atomic E-state index is 0.0423. The van der Waals surface area contributed by atoms with Crippen molar-refractivity contribution in [2.45, 2.75) is 46.6 Å². The van der Waals surface area contributed by atoms with Gasteiger partial charge in [0.05, 0.1) is 11.2 Å². The Labute approximate surface area is 162 Å². The van der Waals surface area contributed by atoms with Gasteiger partial charge in [0, 0.05) is 29.0 Å². The van der Waals surface area contributed by atoms with Crippen molar-refractivity contribution in [1.29, 1.82) is 0 Å². The number of halogens is 1. The molecule has 0 bridgehead atoms. The molecule has 0 N–H and O–H groups in total. The summed E-state index contributed by atoms with van der Waals surface area (Å²) in [5.74, 6) is 0. The first-order valence-corrected chi connectivity index (χ1v) is 9.61. The van der Waals surface area contributed by atoms with E-state index in [0.717, 1.165) is 29.8 Å². The summed E-state index contributed by atoms with van der Waals surface area (Å²) in [6, 6.07) is 12.4. The van der Waals surface area contributed by atoms with Crippen molar-refractivity contribution in [3.8, 4) is 0 Å². The topological polar surface area (TPSA) is 15.6 Å². The van der Waals surface area contributed by atoms with E-state index in [1.807, 2.05) is 31.3 Å². The molecule has 0 fully saturated rings. The normalized spacial score (nSPS) is 15.9. The fraction of sp³-hybridized carbons (Fsp3) is 0.348. The van der Waals surface area contributed by atoms with Gasteiger partial charge in [0.25, 0.3) is 0 Å². The summed E-state index contributed by atoms with van der Waals surface area (Å²) >= 11 is 6.10. The van der Waals surface area contributed by atoms with Gasteiger partial charge in [-0.3, -0.25) is 4.99 Å². The maximum atomic E-state index is 6.10. The number of hydrogen-bond donors (Lipinski definition) is 0. The molecule has 3 rings (SSSR count). The number of aliphatic imine (C=N–C) groups is 1. The monoisotopic (exact) mass is 366 g/mol. The predicted octanol–water partition coefficient (Wildman–Crippen LogP) is 6.81. The third-order valence-electron chi connectivity index (χ3n) is 4.97. The van der Waals surface area contributed by atoms with Crippen LogP contribution in [-0.2, 0) is 0 Å². The van der Waals surface area contributed by atoms with Crippen LogP contribution in [0.25, 0.3) is 5.57 Å². The molecule has 3 heteroatoms. The van der Waals surface area contributed by atoms with Crippen LogP contribution in [-0.4, -0.2) is 18.3 Å². The molecule has 1 heterocycles. The highest BCUT2D eigenvalue weighted by molar-refractivity contribution is 6.30. The lowest BCUT2D eigenvalue weighted by Crippen LogP contribution is -2.45. The number of nitrogens with zero attached hydrogens (tertiary/aromatic N) is 2. The lowest BCUT2D eigenvalue weighted by molar-refractivity contribution is 0.550. The van der Waals surface area contributed by atoms with E-state index in [9.17, 15) is 0 Å². The Hall–Kier alpha value is -2.06. The minimum Gasteiger partial charge on any atom is -0.362 e. The molecular formula is C23H27ClN2. The zero-order valence-corrected chi connectivity index (χ0v) is 17.1. The second-order valence-corrected chi connectivity index (χ2v) is 8.03. The molecule has 2 nitrogen and oxygen atoms in total. The van der Waals surface area contributed by atoms with Crippen molar-refractivity contribution in [1.82, 2.24) is 0 Å². The molecule has 136 valence electrons. The average Bonchev–Trinajstić information content (AvgIpc) is 2.59. The van der Waals surface area contributed by atoms with E-state index >= 15 is 0 Å². The maximum absolute atomic E-state index is 6.10. The highest BCUT2D eigenvalue weighted by Gasteiger charge is 2.30. The summed E-state index contributed by atoms with van der Waals surface area (Å²) in [7, 11) is 0. The van der Waals surface area contributed by atoms with Gasteiger partial charge in [0.15, 0.2) is 0 Å². The Bertz CT molecular complexity index is 878.